The van der Waals surface area contributed by atoms with Crippen molar-refractivity contribution < 1.29 is 9.59 Å². The summed E-state index contributed by atoms with van der Waals surface area (Å²) >= 11 is 12.1. The Kier molecular flexibility index (Phi) is 7.35. The molecule has 8 heteroatoms. The predicted molar refractivity (Wildman–Crippen MR) is 108 cm³/mol. The van der Waals surface area contributed by atoms with Crippen LogP contribution in [0.2, 0.25) is 10.0 Å². The molecule has 0 atom stereocenters. The van der Waals surface area contributed by atoms with Crippen LogP contribution >= 0.6 is 23.2 Å². The summed E-state index contributed by atoms with van der Waals surface area (Å²) in [6.07, 6.45) is 3.46. The minimum absolute atomic E-state index is 0.114. The highest BCUT2D eigenvalue weighted by atomic mass is 35.5. The molecule has 2 amide bonds. The molecule has 0 bridgehead atoms. The summed E-state index contributed by atoms with van der Waals surface area (Å²) in [6.45, 7) is 5.70. The van der Waals surface area contributed by atoms with Gasteiger partial charge in [-0.05, 0) is 31.4 Å². The smallest absolute Gasteiger partial charge is 0.238 e. The lowest BCUT2D eigenvalue weighted by Gasteiger charge is -2.35. The van der Waals surface area contributed by atoms with Crippen LogP contribution in [0.1, 0.15) is 19.3 Å². The summed E-state index contributed by atoms with van der Waals surface area (Å²) in [4.78, 5) is 30.9. The fraction of sp³-hybridized carbons (Fsp3) is 0.579. The Morgan fingerprint density at radius 2 is 1.52 bits per heavy atom. The van der Waals surface area contributed by atoms with Crippen LogP contribution in [0.3, 0.4) is 0 Å². The van der Waals surface area contributed by atoms with Crippen molar-refractivity contribution in [2.24, 2.45) is 0 Å². The topological polar surface area (TPSA) is 55.9 Å². The van der Waals surface area contributed by atoms with Crippen molar-refractivity contribution in [1.82, 2.24) is 14.7 Å². The molecular weight excluding hydrogens is 387 g/mol. The third-order valence-electron chi connectivity index (χ3n) is 5.13. The van der Waals surface area contributed by atoms with Crippen molar-refractivity contribution in [3.8, 4) is 0 Å². The molecule has 1 aromatic rings. The number of piperazine rings is 1. The number of carbonyl (C=O) groups is 2. The van der Waals surface area contributed by atoms with Gasteiger partial charge in [0.2, 0.25) is 11.8 Å². The molecule has 0 aromatic heterocycles. The van der Waals surface area contributed by atoms with Gasteiger partial charge in [0.25, 0.3) is 0 Å². The minimum Gasteiger partial charge on any atom is -0.342 e. The average molecular weight is 413 g/mol. The van der Waals surface area contributed by atoms with E-state index in [-0.39, 0.29) is 11.8 Å². The molecule has 2 fully saturated rings. The zero-order valence-electron chi connectivity index (χ0n) is 15.4. The van der Waals surface area contributed by atoms with E-state index < -0.39 is 0 Å². The molecule has 27 heavy (non-hydrogen) atoms. The van der Waals surface area contributed by atoms with Gasteiger partial charge >= 0.3 is 0 Å². The molecule has 0 saturated carbocycles. The number of carbonyl (C=O) groups excluding carboxylic acids is 2. The van der Waals surface area contributed by atoms with E-state index in [1.165, 1.54) is 6.42 Å². The number of nitrogens with zero attached hydrogens (tertiary/aromatic N) is 3. The van der Waals surface area contributed by atoms with Gasteiger partial charge in [-0.3, -0.25) is 19.4 Å². The lowest BCUT2D eigenvalue weighted by molar-refractivity contribution is -0.134. The van der Waals surface area contributed by atoms with Crippen molar-refractivity contribution in [2.45, 2.75) is 19.3 Å². The number of halogens is 2. The van der Waals surface area contributed by atoms with E-state index in [9.17, 15) is 9.59 Å². The molecule has 148 valence electrons. The Morgan fingerprint density at radius 3 is 2.19 bits per heavy atom. The Bertz CT molecular complexity index is 672. The molecule has 0 unspecified atom stereocenters. The molecule has 0 spiro atoms. The number of rotatable bonds is 5. The zero-order chi connectivity index (χ0) is 19.2. The Labute approximate surface area is 170 Å². The number of piperidine rings is 1. The van der Waals surface area contributed by atoms with Gasteiger partial charge in [0, 0.05) is 39.3 Å². The number of likely N-dealkylation sites (tertiary alicyclic amines) is 1. The summed E-state index contributed by atoms with van der Waals surface area (Å²) in [5.41, 5.74) is 0.528. The van der Waals surface area contributed by atoms with Gasteiger partial charge < -0.3 is 10.2 Å². The summed E-state index contributed by atoms with van der Waals surface area (Å²) in [6, 6.07) is 5.17. The Hall–Kier alpha value is -1.34. The standard InChI is InChI=1S/C19H26Cl2N4O2/c20-15-5-4-6-16(19(15)21)22-17(26)13-23-9-11-24(12-10-23)14-18(27)25-7-2-1-3-8-25/h4-6H,1-3,7-14H2,(H,22,26). The molecule has 2 saturated heterocycles. The first-order chi connectivity index (χ1) is 13.0. The van der Waals surface area contributed by atoms with Gasteiger partial charge in [-0.1, -0.05) is 29.3 Å². The molecule has 6 nitrogen and oxygen atoms in total. The van der Waals surface area contributed by atoms with Gasteiger partial charge in [-0.15, -0.1) is 0 Å². The van der Waals surface area contributed by atoms with Gasteiger partial charge in [0.05, 0.1) is 28.8 Å². The van der Waals surface area contributed by atoms with Crippen LogP contribution in [0.4, 0.5) is 5.69 Å². The number of anilines is 1. The van der Waals surface area contributed by atoms with E-state index in [2.05, 4.69) is 15.1 Å². The second-order valence-electron chi connectivity index (χ2n) is 7.14. The molecule has 0 radical (unpaired) electrons. The zero-order valence-corrected chi connectivity index (χ0v) is 16.9. The number of amides is 2. The lowest BCUT2D eigenvalue weighted by Crippen LogP contribution is -2.51. The molecule has 1 aromatic carbocycles. The van der Waals surface area contributed by atoms with E-state index in [0.717, 1.165) is 52.1 Å². The van der Waals surface area contributed by atoms with Crippen LogP contribution in [-0.2, 0) is 9.59 Å². The maximum absolute atomic E-state index is 12.4. The summed E-state index contributed by atoms with van der Waals surface area (Å²) < 4.78 is 0. The highest BCUT2D eigenvalue weighted by Crippen LogP contribution is 2.29. The molecule has 0 aliphatic carbocycles. The van der Waals surface area contributed by atoms with Gasteiger partial charge in [-0.25, -0.2) is 0 Å². The first kappa shape index (κ1) is 20.4. The fourth-order valence-corrected chi connectivity index (χ4v) is 3.88. The van der Waals surface area contributed by atoms with Crippen LogP contribution in [0.15, 0.2) is 18.2 Å². The lowest BCUT2D eigenvalue weighted by atomic mass is 10.1. The monoisotopic (exact) mass is 412 g/mol. The van der Waals surface area contributed by atoms with Crippen LogP contribution < -0.4 is 5.32 Å². The third kappa shape index (κ3) is 5.82. The summed E-state index contributed by atoms with van der Waals surface area (Å²) in [5.74, 6) is 0.119. The first-order valence-electron chi connectivity index (χ1n) is 9.49. The largest absolute Gasteiger partial charge is 0.342 e. The minimum atomic E-state index is -0.114. The Morgan fingerprint density at radius 1 is 0.889 bits per heavy atom. The normalized spacial score (nSPS) is 19.1. The quantitative estimate of drug-likeness (QED) is 0.807. The molecular formula is C19H26Cl2N4O2. The van der Waals surface area contributed by atoms with Crippen LogP contribution in [0.5, 0.6) is 0 Å². The predicted octanol–water partition coefficient (Wildman–Crippen LogP) is 2.56. The van der Waals surface area contributed by atoms with Crippen molar-refractivity contribution >= 4 is 40.7 Å². The van der Waals surface area contributed by atoms with E-state index in [4.69, 9.17) is 23.2 Å². The summed E-state index contributed by atoms with van der Waals surface area (Å²) in [7, 11) is 0. The second kappa shape index (κ2) is 9.73. The highest BCUT2D eigenvalue weighted by Gasteiger charge is 2.23. The van der Waals surface area contributed by atoms with Crippen molar-refractivity contribution in [3.63, 3.8) is 0 Å². The number of nitrogens with one attached hydrogen (secondary N) is 1. The van der Waals surface area contributed by atoms with Crippen LogP contribution in [-0.4, -0.2) is 78.9 Å². The van der Waals surface area contributed by atoms with Crippen molar-refractivity contribution in [1.29, 1.82) is 0 Å². The van der Waals surface area contributed by atoms with Crippen molar-refractivity contribution in [2.75, 3.05) is 57.7 Å². The molecule has 1 N–H and O–H groups in total. The van der Waals surface area contributed by atoms with Gasteiger partial charge in [0.15, 0.2) is 0 Å². The van der Waals surface area contributed by atoms with E-state index >= 15 is 0 Å². The molecule has 3 rings (SSSR count). The van der Waals surface area contributed by atoms with E-state index in [1.54, 1.807) is 18.2 Å². The highest BCUT2D eigenvalue weighted by molar-refractivity contribution is 6.44. The number of hydrogen-bond donors (Lipinski definition) is 1. The van der Waals surface area contributed by atoms with Crippen molar-refractivity contribution in [3.05, 3.63) is 28.2 Å². The molecule has 2 aliphatic rings. The number of benzene rings is 1. The van der Waals surface area contributed by atoms with E-state index in [1.807, 2.05) is 4.90 Å². The number of hydrogen-bond acceptors (Lipinski definition) is 4. The fourth-order valence-electron chi connectivity index (χ4n) is 3.53. The first-order valence-corrected chi connectivity index (χ1v) is 10.2. The maximum atomic E-state index is 12.4. The maximum Gasteiger partial charge on any atom is 0.238 e. The Balaban J connectivity index is 1.40. The van der Waals surface area contributed by atoms with Gasteiger partial charge in [-0.2, -0.15) is 0 Å². The third-order valence-corrected chi connectivity index (χ3v) is 5.94. The van der Waals surface area contributed by atoms with Crippen LogP contribution in [0.25, 0.3) is 0 Å². The van der Waals surface area contributed by atoms with Crippen LogP contribution in [0, 0.1) is 0 Å². The SMILES string of the molecule is O=C(CN1CCN(CC(=O)N2CCCCC2)CC1)Nc1cccc(Cl)c1Cl. The molecule has 2 heterocycles. The average Bonchev–Trinajstić information content (AvgIpc) is 2.67. The van der Waals surface area contributed by atoms with E-state index in [0.29, 0.717) is 28.8 Å². The van der Waals surface area contributed by atoms with Gasteiger partial charge in [0.1, 0.15) is 0 Å². The molecule has 2 aliphatic heterocycles. The summed E-state index contributed by atoms with van der Waals surface area (Å²) in [5, 5.41) is 3.59. The second-order valence-corrected chi connectivity index (χ2v) is 7.93.